The molecule has 4 heterocycles. The molecule has 0 aliphatic carbocycles. The van der Waals surface area contributed by atoms with Crippen LogP contribution in [-0.4, -0.2) is 47.5 Å². The van der Waals surface area contributed by atoms with Gasteiger partial charge in [-0.1, -0.05) is 6.07 Å². The lowest BCUT2D eigenvalue weighted by atomic mass is 9.98. The summed E-state index contributed by atoms with van der Waals surface area (Å²) in [7, 11) is 1.63. The molecule has 8 heteroatoms. The lowest BCUT2D eigenvalue weighted by Crippen LogP contribution is -2.39. The number of hydrogen-bond donors (Lipinski definition) is 2. The van der Waals surface area contributed by atoms with E-state index in [-0.39, 0.29) is 12.0 Å². The summed E-state index contributed by atoms with van der Waals surface area (Å²) in [5.41, 5.74) is 5.08. The quantitative estimate of drug-likeness (QED) is 0.548. The maximum atomic E-state index is 11.6. The summed E-state index contributed by atoms with van der Waals surface area (Å²) in [5, 5.41) is 6.57. The van der Waals surface area contributed by atoms with E-state index in [4.69, 9.17) is 9.47 Å². The standard InChI is InChI=1S/C25H28N4O3S/c1-31-24-9-7-20-25(29-24)17(10-11-26-20)3-5-19-6-4-18(14-32-19)27-13-16-2-8-22-21(12-16)28-23(30)15-33-22/h2,7-12,18-19,27H,3-6,13-15H2,1H3,(H,28,30)/t18-,19-/m1/s1. The van der Waals surface area contributed by atoms with Gasteiger partial charge in [-0.2, -0.15) is 0 Å². The number of aryl methyl sites for hydroxylation is 1. The van der Waals surface area contributed by atoms with Crippen molar-refractivity contribution in [2.45, 2.75) is 49.3 Å². The number of amides is 1. The minimum absolute atomic E-state index is 0.0685. The van der Waals surface area contributed by atoms with Crippen molar-refractivity contribution >= 4 is 34.4 Å². The number of aromatic nitrogens is 2. The molecule has 3 aromatic rings. The van der Waals surface area contributed by atoms with Gasteiger partial charge in [0.2, 0.25) is 11.8 Å². The Morgan fingerprint density at radius 3 is 3.03 bits per heavy atom. The molecular formula is C25H28N4O3S. The first kappa shape index (κ1) is 22.1. The molecule has 1 amide bonds. The van der Waals surface area contributed by atoms with Crippen molar-refractivity contribution in [1.29, 1.82) is 0 Å². The van der Waals surface area contributed by atoms with Gasteiger partial charge < -0.3 is 20.1 Å². The van der Waals surface area contributed by atoms with Crippen molar-refractivity contribution in [2.75, 3.05) is 24.8 Å². The number of benzene rings is 1. The molecule has 172 valence electrons. The molecule has 2 N–H and O–H groups in total. The van der Waals surface area contributed by atoms with Crippen LogP contribution in [0, 0.1) is 0 Å². The number of methoxy groups -OCH3 is 1. The molecule has 0 saturated carbocycles. The van der Waals surface area contributed by atoms with Gasteiger partial charge in [-0.3, -0.25) is 9.78 Å². The van der Waals surface area contributed by atoms with Crippen molar-refractivity contribution in [3.05, 3.63) is 53.7 Å². The average Bonchev–Trinajstić information content (AvgIpc) is 2.86. The second kappa shape index (κ2) is 10.1. The molecule has 2 aliphatic heterocycles. The topological polar surface area (TPSA) is 85.4 Å². The Labute approximate surface area is 197 Å². The molecule has 2 aromatic heterocycles. The first-order valence-electron chi connectivity index (χ1n) is 11.4. The number of pyridine rings is 2. The SMILES string of the molecule is COc1ccc2nccc(CC[C@@H]3CC[C@@H](NCc4ccc5c(c4)NC(=O)CS5)CO3)c2n1. The van der Waals surface area contributed by atoms with Crippen LogP contribution in [0.15, 0.2) is 47.5 Å². The molecule has 5 rings (SSSR count). The zero-order chi connectivity index (χ0) is 22.6. The van der Waals surface area contributed by atoms with Crippen LogP contribution < -0.4 is 15.4 Å². The van der Waals surface area contributed by atoms with Gasteiger partial charge in [0, 0.05) is 29.7 Å². The van der Waals surface area contributed by atoms with Crippen molar-refractivity contribution in [1.82, 2.24) is 15.3 Å². The first-order valence-corrected chi connectivity index (χ1v) is 12.4. The second-order valence-corrected chi connectivity index (χ2v) is 9.53. The number of ether oxygens (including phenoxy) is 2. The molecule has 0 unspecified atom stereocenters. The molecular weight excluding hydrogens is 436 g/mol. The highest BCUT2D eigenvalue weighted by Gasteiger charge is 2.22. The molecule has 33 heavy (non-hydrogen) atoms. The maximum absolute atomic E-state index is 11.6. The highest BCUT2D eigenvalue weighted by atomic mass is 32.2. The van der Waals surface area contributed by atoms with E-state index in [1.54, 1.807) is 18.9 Å². The number of nitrogens with one attached hydrogen (secondary N) is 2. The fourth-order valence-electron chi connectivity index (χ4n) is 4.39. The molecule has 1 fully saturated rings. The Morgan fingerprint density at radius 1 is 1.24 bits per heavy atom. The molecule has 1 aromatic carbocycles. The highest BCUT2D eigenvalue weighted by molar-refractivity contribution is 8.00. The van der Waals surface area contributed by atoms with Crippen LogP contribution in [0.3, 0.4) is 0 Å². The molecule has 2 atom stereocenters. The van der Waals surface area contributed by atoms with Crippen LogP contribution in [0.5, 0.6) is 5.88 Å². The average molecular weight is 465 g/mol. The second-order valence-electron chi connectivity index (χ2n) is 8.51. The van der Waals surface area contributed by atoms with Crippen LogP contribution in [0.25, 0.3) is 11.0 Å². The van der Waals surface area contributed by atoms with E-state index in [2.05, 4.69) is 38.8 Å². The summed E-state index contributed by atoms with van der Waals surface area (Å²) in [6.07, 6.45) is 6.10. The van der Waals surface area contributed by atoms with Gasteiger partial charge in [-0.15, -0.1) is 11.8 Å². The van der Waals surface area contributed by atoms with Crippen LogP contribution in [-0.2, 0) is 22.5 Å². The minimum Gasteiger partial charge on any atom is -0.481 e. The summed E-state index contributed by atoms with van der Waals surface area (Å²) in [6.45, 7) is 1.48. The van der Waals surface area contributed by atoms with E-state index >= 15 is 0 Å². The number of thioether (sulfide) groups is 1. The zero-order valence-electron chi connectivity index (χ0n) is 18.7. The third-order valence-corrected chi connectivity index (χ3v) is 7.30. The minimum atomic E-state index is 0.0685. The zero-order valence-corrected chi connectivity index (χ0v) is 19.5. The largest absolute Gasteiger partial charge is 0.481 e. The number of anilines is 1. The molecule has 2 aliphatic rings. The molecule has 0 spiro atoms. The Balaban J connectivity index is 1.11. The van der Waals surface area contributed by atoms with E-state index < -0.39 is 0 Å². The van der Waals surface area contributed by atoms with Crippen molar-refractivity contribution in [3.8, 4) is 5.88 Å². The predicted octanol–water partition coefficient (Wildman–Crippen LogP) is 3.95. The van der Waals surface area contributed by atoms with Gasteiger partial charge in [-0.25, -0.2) is 4.98 Å². The molecule has 7 nitrogen and oxygen atoms in total. The van der Waals surface area contributed by atoms with Crippen LogP contribution in [0.4, 0.5) is 5.69 Å². The van der Waals surface area contributed by atoms with Gasteiger partial charge in [0.1, 0.15) is 0 Å². The summed E-state index contributed by atoms with van der Waals surface area (Å²) in [6, 6.07) is 12.5. The summed E-state index contributed by atoms with van der Waals surface area (Å²) >= 11 is 1.59. The Bertz CT molecular complexity index is 1150. The van der Waals surface area contributed by atoms with Crippen LogP contribution in [0.1, 0.15) is 30.4 Å². The monoisotopic (exact) mass is 464 g/mol. The summed E-state index contributed by atoms with van der Waals surface area (Å²) in [4.78, 5) is 21.8. The fourth-order valence-corrected chi connectivity index (χ4v) is 5.18. The number of carbonyl (C=O) groups is 1. The van der Waals surface area contributed by atoms with Crippen LogP contribution >= 0.6 is 11.8 Å². The van der Waals surface area contributed by atoms with E-state index in [1.807, 2.05) is 24.4 Å². The summed E-state index contributed by atoms with van der Waals surface area (Å²) < 4.78 is 11.5. The van der Waals surface area contributed by atoms with E-state index in [0.717, 1.165) is 53.8 Å². The maximum Gasteiger partial charge on any atom is 0.234 e. The molecule has 1 saturated heterocycles. The lowest BCUT2D eigenvalue weighted by Gasteiger charge is -2.30. The third kappa shape index (κ3) is 5.29. The van der Waals surface area contributed by atoms with Crippen molar-refractivity contribution in [2.24, 2.45) is 0 Å². The number of carbonyl (C=O) groups excluding carboxylic acids is 1. The van der Waals surface area contributed by atoms with Gasteiger partial charge in [-0.05, 0) is 61.1 Å². The predicted molar refractivity (Wildman–Crippen MR) is 130 cm³/mol. The van der Waals surface area contributed by atoms with E-state index in [0.29, 0.717) is 24.3 Å². The summed E-state index contributed by atoms with van der Waals surface area (Å²) in [5.74, 6) is 1.17. The Hall–Kier alpha value is -2.68. The van der Waals surface area contributed by atoms with Crippen molar-refractivity contribution in [3.63, 3.8) is 0 Å². The van der Waals surface area contributed by atoms with E-state index in [1.165, 1.54) is 11.1 Å². The number of hydrogen-bond acceptors (Lipinski definition) is 7. The van der Waals surface area contributed by atoms with Crippen molar-refractivity contribution < 1.29 is 14.3 Å². The number of nitrogens with zero attached hydrogens (tertiary/aromatic N) is 2. The Morgan fingerprint density at radius 2 is 2.18 bits per heavy atom. The number of rotatable bonds is 7. The lowest BCUT2D eigenvalue weighted by molar-refractivity contribution is -0.113. The molecule has 0 radical (unpaired) electrons. The van der Waals surface area contributed by atoms with E-state index in [9.17, 15) is 4.79 Å². The first-order chi connectivity index (χ1) is 16.2. The van der Waals surface area contributed by atoms with Gasteiger partial charge in [0.25, 0.3) is 0 Å². The van der Waals surface area contributed by atoms with Gasteiger partial charge in [0.15, 0.2) is 0 Å². The Kier molecular flexibility index (Phi) is 6.75. The molecule has 0 bridgehead atoms. The fraction of sp³-hybridized carbons (Fsp3) is 0.400. The smallest absolute Gasteiger partial charge is 0.234 e. The van der Waals surface area contributed by atoms with Gasteiger partial charge in [0.05, 0.1) is 42.3 Å². The third-order valence-electron chi connectivity index (χ3n) is 6.23. The van der Waals surface area contributed by atoms with Crippen LogP contribution in [0.2, 0.25) is 0 Å². The number of fused-ring (bicyclic) bond motifs is 2. The van der Waals surface area contributed by atoms with Gasteiger partial charge >= 0.3 is 0 Å². The normalized spacial score (nSPS) is 20.3. The highest BCUT2D eigenvalue weighted by Crippen LogP contribution is 2.32.